The first-order valence-electron chi connectivity index (χ1n) is 10.1. The van der Waals surface area contributed by atoms with Crippen molar-refractivity contribution in [2.45, 2.75) is 33.2 Å². The molecule has 6 heteroatoms. The highest BCUT2D eigenvalue weighted by Gasteiger charge is 2.05. The Labute approximate surface area is 168 Å². The Kier molecular flexibility index (Phi) is 9.11. The fourth-order valence-corrected chi connectivity index (χ4v) is 3.08. The van der Waals surface area contributed by atoms with Gasteiger partial charge < -0.3 is 20.1 Å². The van der Waals surface area contributed by atoms with Crippen LogP contribution >= 0.6 is 0 Å². The van der Waals surface area contributed by atoms with Crippen molar-refractivity contribution in [3.05, 3.63) is 64.6 Å². The maximum absolute atomic E-state index is 11.7. The fourth-order valence-electron chi connectivity index (χ4n) is 3.08. The summed E-state index contributed by atoms with van der Waals surface area (Å²) in [6.45, 7) is 8.57. The van der Waals surface area contributed by atoms with Gasteiger partial charge in [-0.3, -0.25) is 9.79 Å². The first-order chi connectivity index (χ1) is 13.6. The molecule has 0 unspecified atom stereocenters. The number of aromatic nitrogens is 1. The molecule has 0 spiro atoms. The van der Waals surface area contributed by atoms with Crippen molar-refractivity contribution >= 4 is 11.6 Å². The summed E-state index contributed by atoms with van der Waals surface area (Å²) in [5, 5.41) is 6.72. The molecule has 0 bridgehead atoms. The van der Waals surface area contributed by atoms with Gasteiger partial charge >= 0.3 is 0 Å². The Balaban J connectivity index is 1.67. The largest absolute Gasteiger partial charge is 0.370 e. The van der Waals surface area contributed by atoms with Crippen LogP contribution in [0.5, 0.6) is 0 Å². The third-order valence-electron chi connectivity index (χ3n) is 4.66. The number of anilines is 1. The Morgan fingerprint density at radius 1 is 1.11 bits per heavy atom. The number of aliphatic imine (C=N–C) groups is 1. The molecule has 2 N–H and O–H groups in total. The second kappa shape index (κ2) is 11.8. The van der Waals surface area contributed by atoms with E-state index in [1.54, 1.807) is 23.7 Å². The zero-order valence-electron chi connectivity index (χ0n) is 17.3. The lowest BCUT2D eigenvalue weighted by Crippen LogP contribution is -2.42. The summed E-state index contributed by atoms with van der Waals surface area (Å²) in [5.41, 5.74) is 2.59. The van der Waals surface area contributed by atoms with E-state index in [2.05, 4.69) is 58.6 Å². The van der Waals surface area contributed by atoms with Crippen LogP contribution in [0.2, 0.25) is 0 Å². The molecule has 0 amide bonds. The maximum Gasteiger partial charge on any atom is 0.250 e. The van der Waals surface area contributed by atoms with Crippen molar-refractivity contribution in [1.82, 2.24) is 15.2 Å². The summed E-state index contributed by atoms with van der Waals surface area (Å²) in [4.78, 5) is 18.3. The highest BCUT2D eigenvalue weighted by atomic mass is 16.1. The number of hydrogen-bond acceptors (Lipinski definition) is 3. The normalized spacial score (nSPS) is 11.3. The molecule has 0 radical (unpaired) electrons. The maximum atomic E-state index is 11.7. The predicted octanol–water partition coefficient (Wildman–Crippen LogP) is 2.63. The summed E-state index contributed by atoms with van der Waals surface area (Å²) < 4.78 is 1.75. The molecule has 0 aliphatic heterocycles. The third kappa shape index (κ3) is 7.10. The molecule has 1 heterocycles. The number of hydrogen-bond donors (Lipinski definition) is 2. The Morgan fingerprint density at radius 3 is 2.64 bits per heavy atom. The van der Waals surface area contributed by atoms with E-state index >= 15 is 0 Å². The van der Waals surface area contributed by atoms with Crippen molar-refractivity contribution < 1.29 is 0 Å². The van der Waals surface area contributed by atoms with E-state index in [0.29, 0.717) is 0 Å². The lowest BCUT2D eigenvalue weighted by atomic mass is 10.2. The van der Waals surface area contributed by atoms with Crippen LogP contribution in [0.4, 0.5) is 5.69 Å². The molecule has 1 aromatic carbocycles. The third-order valence-corrected chi connectivity index (χ3v) is 4.66. The quantitative estimate of drug-likeness (QED) is 0.376. The van der Waals surface area contributed by atoms with Gasteiger partial charge in [0.2, 0.25) is 5.56 Å². The topological polar surface area (TPSA) is 61.7 Å². The number of pyridine rings is 1. The van der Waals surface area contributed by atoms with Crippen LogP contribution in [-0.2, 0) is 6.54 Å². The van der Waals surface area contributed by atoms with Gasteiger partial charge in [-0.05, 0) is 50.5 Å². The second-order valence-corrected chi connectivity index (χ2v) is 6.78. The molecular weight excluding hydrogens is 350 g/mol. The van der Waals surface area contributed by atoms with Gasteiger partial charge in [0, 0.05) is 57.7 Å². The fraction of sp³-hybridized carbons (Fsp3) is 0.455. The first-order valence-corrected chi connectivity index (χ1v) is 10.1. The van der Waals surface area contributed by atoms with Crippen LogP contribution in [0, 0.1) is 6.92 Å². The first kappa shape index (κ1) is 21.5. The molecule has 0 fully saturated rings. The van der Waals surface area contributed by atoms with Crippen molar-refractivity contribution in [2.75, 3.05) is 38.1 Å². The van der Waals surface area contributed by atoms with Gasteiger partial charge in [-0.25, -0.2) is 0 Å². The zero-order valence-corrected chi connectivity index (χ0v) is 17.3. The number of aryl methyl sites for hydroxylation is 2. The van der Waals surface area contributed by atoms with Crippen molar-refractivity contribution in [1.29, 1.82) is 0 Å². The number of nitrogens with zero attached hydrogens (tertiary/aromatic N) is 3. The molecule has 0 aliphatic rings. The summed E-state index contributed by atoms with van der Waals surface area (Å²) >= 11 is 0. The summed E-state index contributed by atoms with van der Waals surface area (Å²) in [7, 11) is 1.79. The molecule has 0 saturated carbocycles. The molecular formula is C22H33N5O. The summed E-state index contributed by atoms with van der Waals surface area (Å²) in [5.74, 6) is 0.817. The monoisotopic (exact) mass is 383 g/mol. The molecule has 152 valence electrons. The van der Waals surface area contributed by atoms with Crippen LogP contribution in [0.15, 0.2) is 58.4 Å². The highest BCUT2D eigenvalue weighted by Crippen LogP contribution is 2.14. The van der Waals surface area contributed by atoms with Crippen LogP contribution in [0.25, 0.3) is 0 Å². The van der Waals surface area contributed by atoms with Gasteiger partial charge in [-0.1, -0.05) is 18.2 Å². The van der Waals surface area contributed by atoms with Crippen molar-refractivity contribution in [3.63, 3.8) is 0 Å². The van der Waals surface area contributed by atoms with E-state index in [-0.39, 0.29) is 5.56 Å². The standard InChI is InChI=1S/C22H33N5O/c1-4-26(20-11-9-10-19(2)18-20)17-14-25-22(23-3)24-13-6-8-16-27-15-7-5-12-21(27)28/h5,7,9-12,15,18H,4,6,8,13-14,16-17H2,1-3H3,(H2,23,24,25). The molecule has 2 aromatic rings. The molecule has 1 aromatic heterocycles. The minimum Gasteiger partial charge on any atom is -0.370 e. The lowest BCUT2D eigenvalue weighted by Gasteiger charge is -2.24. The van der Waals surface area contributed by atoms with E-state index < -0.39 is 0 Å². The predicted molar refractivity (Wildman–Crippen MR) is 118 cm³/mol. The number of guanidine groups is 1. The second-order valence-electron chi connectivity index (χ2n) is 6.78. The van der Waals surface area contributed by atoms with Crippen molar-refractivity contribution in [3.8, 4) is 0 Å². The number of nitrogens with one attached hydrogen (secondary N) is 2. The number of unbranched alkanes of at least 4 members (excludes halogenated alkanes) is 1. The van der Waals surface area contributed by atoms with E-state index in [1.165, 1.54) is 11.3 Å². The van der Waals surface area contributed by atoms with Crippen LogP contribution < -0.4 is 21.1 Å². The summed E-state index contributed by atoms with van der Waals surface area (Å²) in [6, 6.07) is 13.9. The minimum absolute atomic E-state index is 0.0574. The molecule has 0 atom stereocenters. The van der Waals surface area contributed by atoms with Crippen LogP contribution in [-0.4, -0.2) is 43.8 Å². The smallest absolute Gasteiger partial charge is 0.250 e. The molecule has 0 saturated heterocycles. The van der Waals surface area contributed by atoms with Gasteiger partial charge in [-0.15, -0.1) is 0 Å². The van der Waals surface area contributed by atoms with Gasteiger partial charge in [0.15, 0.2) is 5.96 Å². The zero-order chi connectivity index (χ0) is 20.2. The van der Waals surface area contributed by atoms with Gasteiger partial charge in [-0.2, -0.15) is 0 Å². The van der Waals surface area contributed by atoms with E-state index in [1.807, 2.05) is 12.3 Å². The minimum atomic E-state index is 0.0574. The molecule has 0 aliphatic carbocycles. The number of benzene rings is 1. The number of likely N-dealkylation sites (N-methyl/N-ethyl adjacent to an activating group) is 1. The highest BCUT2D eigenvalue weighted by molar-refractivity contribution is 5.79. The van der Waals surface area contributed by atoms with Gasteiger partial charge in [0.25, 0.3) is 0 Å². The number of rotatable bonds is 10. The van der Waals surface area contributed by atoms with Crippen molar-refractivity contribution in [2.24, 2.45) is 4.99 Å². The average molecular weight is 384 g/mol. The Hall–Kier alpha value is -2.76. The molecule has 28 heavy (non-hydrogen) atoms. The van der Waals surface area contributed by atoms with E-state index in [9.17, 15) is 4.79 Å². The SMILES string of the molecule is CCN(CCNC(=NC)NCCCCn1ccccc1=O)c1cccc(C)c1. The van der Waals surface area contributed by atoms with Crippen LogP contribution in [0.3, 0.4) is 0 Å². The lowest BCUT2D eigenvalue weighted by molar-refractivity contribution is 0.585. The Bertz CT molecular complexity index is 799. The molecule has 2 rings (SSSR count). The average Bonchev–Trinajstić information content (AvgIpc) is 2.70. The van der Waals surface area contributed by atoms with Gasteiger partial charge in [0.1, 0.15) is 0 Å². The van der Waals surface area contributed by atoms with Crippen LogP contribution in [0.1, 0.15) is 25.3 Å². The Morgan fingerprint density at radius 2 is 1.93 bits per heavy atom. The van der Waals surface area contributed by atoms with E-state index in [4.69, 9.17) is 0 Å². The molecule has 6 nitrogen and oxygen atoms in total. The van der Waals surface area contributed by atoms with E-state index in [0.717, 1.165) is 51.5 Å². The summed E-state index contributed by atoms with van der Waals surface area (Å²) in [6.07, 6.45) is 3.77. The van der Waals surface area contributed by atoms with Gasteiger partial charge in [0.05, 0.1) is 0 Å².